The van der Waals surface area contributed by atoms with Gasteiger partial charge >= 0.3 is 0 Å². The molecule has 2 aromatic rings. The molecule has 2 aromatic carbocycles. The highest BCUT2D eigenvalue weighted by molar-refractivity contribution is 9.10. The molecule has 0 N–H and O–H groups in total. The van der Waals surface area contributed by atoms with Gasteiger partial charge in [0.15, 0.2) is 0 Å². The molecule has 0 fully saturated rings. The van der Waals surface area contributed by atoms with Gasteiger partial charge in [-0.05, 0) is 61.4 Å². The van der Waals surface area contributed by atoms with Gasteiger partial charge in [0.1, 0.15) is 0 Å². The van der Waals surface area contributed by atoms with Crippen LogP contribution in [-0.4, -0.2) is 37.8 Å². The first-order chi connectivity index (χ1) is 12.7. The molecule has 1 aliphatic heterocycles. The summed E-state index contributed by atoms with van der Waals surface area (Å²) in [5.74, 6) is -0.217. The molecule has 1 unspecified atom stereocenters. The summed E-state index contributed by atoms with van der Waals surface area (Å²) < 4.78 is 28.9. The van der Waals surface area contributed by atoms with Crippen molar-refractivity contribution in [2.45, 2.75) is 31.2 Å². The molecule has 144 valence electrons. The largest absolute Gasteiger partial charge is 0.308 e. The molecular weight excluding hydrogens is 496 g/mol. The van der Waals surface area contributed by atoms with Crippen LogP contribution in [0, 0.1) is 0 Å². The van der Waals surface area contributed by atoms with E-state index in [1.807, 2.05) is 25.1 Å². The number of rotatable bonds is 5. The van der Waals surface area contributed by atoms with Crippen molar-refractivity contribution in [3.63, 3.8) is 0 Å². The van der Waals surface area contributed by atoms with Crippen LogP contribution in [0.1, 0.15) is 19.4 Å². The Hall–Kier alpha value is -1.22. The van der Waals surface area contributed by atoms with E-state index in [4.69, 9.17) is 0 Å². The molecule has 3 rings (SSSR count). The predicted molar refractivity (Wildman–Crippen MR) is 113 cm³/mol. The number of carbonyl (C=O) groups excluding carboxylic acids is 1. The number of anilines is 1. The van der Waals surface area contributed by atoms with Crippen molar-refractivity contribution < 1.29 is 13.2 Å². The second-order valence-corrected chi connectivity index (χ2v) is 10.2. The molecule has 0 saturated carbocycles. The maximum absolute atomic E-state index is 13.0. The molecule has 0 aromatic heterocycles. The van der Waals surface area contributed by atoms with Crippen molar-refractivity contribution in [1.29, 1.82) is 0 Å². The van der Waals surface area contributed by atoms with E-state index in [-0.39, 0.29) is 29.9 Å². The quantitative estimate of drug-likeness (QED) is 0.599. The predicted octanol–water partition coefficient (Wildman–Crippen LogP) is 4.20. The van der Waals surface area contributed by atoms with Crippen molar-refractivity contribution in [1.82, 2.24) is 4.31 Å². The number of benzene rings is 2. The van der Waals surface area contributed by atoms with Crippen LogP contribution in [0.4, 0.5) is 5.69 Å². The van der Waals surface area contributed by atoms with Crippen LogP contribution in [0.25, 0.3) is 0 Å². The summed E-state index contributed by atoms with van der Waals surface area (Å²) in [4.78, 5) is 14.9. The number of halogens is 2. The topological polar surface area (TPSA) is 57.7 Å². The standard InChI is InChI=1S/C19H20Br2N2O3S/c1-3-22(27(25,26)17-7-4-15(20)5-8-17)12-19(24)23-13(2)10-14-11-16(21)6-9-18(14)23/h4-9,11,13H,3,10,12H2,1-2H3. The van der Waals surface area contributed by atoms with Gasteiger partial charge in [-0.2, -0.15) is 4.31 Å². The first kappa shape index (κ1) is 20.5. The smallest absolute Gasteiger partial charge is 0.243 e. The van der Waals surface area contributed by atoms with Crippen LogP contribution in [-0.2, 0) is 21.2 Å². The Morgan fingerprint density at radius 3 is 2.41 bits per heavy atom. The summed E-state index contributed by atoms with van der Waals surface area (Å²) in [5, 5.41) is 0. The lowest BCUT2D eigenvalue weighted by Crippen LogP contribution is -2.45. The molecule has 5 nitrogen and oxygen atoms in total. The van der Waals surface area contributed by atoms with Gasteiger partial charge in [-0.15, -0.1) is 0 Å². The summed E-state index contributed by atoms with van der Waals surface area (Å²) in [7, 11) is -3.74. The first-order valence-electron chi connectivity index (χ1n) is 8.60. The minimum absolute atomic E-state index is 0.00380. The van der Waals surface area contributed by atoms with Crippen LogP contribution in [0.15, 0.2) is 56.3 Å². The van der Waals surface area contributed by atoms with Gasteiger partial charge in [0.2, 0.25) is 15.9 Å². The number of sulfonamides is 1. The monoisotopic (exact) mass is 514 g/mol. The molecule has 1 amide bonds. The molecule has 0 bridgehead atoms. The Morgan fingerprint density at radius 2 is 1.78 bits per heavy atom. The Morgan fingerprint density at radius 1 is 1.15 bits per heavy atom. The van der Waals surface area contributed by atoms with E-state index in [2.05, 4.69) is 31.9 Å². The van der Waals surface area contributed by atoms with E-state index in [0.717, 1.165) is 26.6 Å². The average Bonchev–Trinajstić information content (AvgIpc) is 2.94. The minimum atomic E-state index is -3.74. The second kappa shape index (κ2) is 8.03. The van der Waals surface area contributed by atoms with Gasteiger partial charge in [0, 0.05) is 27.2 Å². The molecule has 27 heavy (non-hydrogen) atoms. The van der Waals surface area contributed by atoms with E-state index < -0.39 is 10.0 Å². The molecule has 8 heteroatoms. The number of nitrogens with zero attached hydrogens (tertiary/aromatic N) is 2. The molecule has 0 saturated heterocycles. The third kappa shape index (κ3) is 4.13. The molecule has 0 radical (unpaired) electrons. The van der Waals surface area contributed by atoms with Gasteiger partial charge in [-0.3, -0.25) is 4.79 Å². The normalized spacial score (nSPS) is 16.6. The lowest BCUT2D eigenvalue weighted by Gasteiger charge is -2.27. The molecule has 1 atom stereocenters. The Bertz CT molecular complexity index is 961. The van der Waals surface area contributed by atoms with Crippen LogP contribution in [0.3, 0.4) is 0 Å². The Labute approximate surface area is 176 Å². The van der Waals surface area contributed by atoms with Crippen LogP contribution in [0.5, 0.6) is 0 Å². The number of fused-ring (bicyclic) bond motifs is 1. The van der Waals surface area contributed by atoms with Crippen molar-refractivity contribution in [2.75, 3.05) is 18.0 Å². The third-order valence-electron chi connectivity index (χ3n) is 4.64. The maximum atomic E-state index is 13.0. The molecular formula is C19H20Br2N2O3S. The SMILES string of the molecule is CCN(CC(=O)N1c2ccc(Br)cc2CC1C)S(=O)(=O)c1ccc(Br)cc1. The first-order valence-corrected chi connectivity index (χ1v) is 11.6. The van der Waals surface area contributed by atoms with Gasteiger partial charge in [0.25, 0.3) is 0 Å². The highest BCUT2D eigenvalue weighted by atomic mass is 79.9. The summed E-state index contributed by atoms with van der Waals surface area (Å²) in [6, 6.07) is 12.2. The third-order valence-corrected chi connectivity index (χ3v) is 7.60. The highest BCUT2D eigenvalue weighted by Crippen LogP contribution is 2.34. The van der Waals surface area contributed by atoms with E-state index in [0.29, 0.717) is 0 Å². The van der Waals surface area contributed by atoms with Crippen LogP contribution in [0.2, 0.25) is 0 Å². The minimum Gasteiger partial charge on any atom is -0.308 e. The summed E-state index contributed by atoms with van der Waals surface area (Å²) in [5.41, 5.74) is 1.94. The summed E-state index contributed by atoms with van der Waals surface area (Å²) >= 11 is 6.76. The van der Waals surface area contributed by atoms with E-state index in [1.165, 1.54) is 16.4 Å². The lowest BCUT2D eigenvalue weighted by molar-refractivity contribution is -0.119. The zero-order valence-corrected chi connectivity index (χ0v) is 19.0. The molecule has 1 aliphatic rings. The van der Waals surface area contributed by atoms with Crippen molar-refractivity contribution in [3.05, 3.63) is 57.0 Å². The van der Waals surface area contributed by atoms with Crippen molar-refractivity contribution >= 4 is 53.5 Å². The fraction of sp³-hybridized carbons (Fsp3) is 0.316. The van der Waals surface area contributed by atoms with Gasteiger partial charge in [-0.1, -0.05) is 38.8 Å². The molecule has 1 heterocycles. The summed E-state index contributed by atoms with van der Waals surface area (Å²) in [6.07, 6.45) is 0.756. The Kier molecular flexibility index (Phi) is 6.10. The van der Waals surface area contributed by atoms with Crippen molar-refractivity contribution in [2.24, 2.45) is 0 Å². The average molecular weight is 516 g/mol. The van der Waals surface area contributed by atoms with Gasteiger partial charge in [-0.25, -0.2) is 8.42 Å². The van der Waals surface area contributed by atoms with Crippen molar-refractivity contribution in [3.8, 4) is 0 Å². The van der Waals surface area contributed by atoms with E-state index in [1.54, 1.807) is 24.0 Å². The molecule has 0 aliphatic carbocycles. The zero-order valence-electron chi connectivity index (χ0n) is 15.0. The fourth-order valence-corrected chi connectivity index (χ4v) is 5.40. The summed E-state index contributed by atoms with van der Waals surface area (Å²) in [6.45, 7) is 3.75. The van der Waals surface area contributed by atoms with Crippen LogP contribution >= 0.6 is 31.9 Å². The number of amides is 1. The lowest BCUT2D eigenvalue weighted by atomic mass is 10.1. The van der Waals surface area contributed by atoms with Gasteiger partial charge in [0.05, 0.1) is 11.4 Å². The number of hydrogen-bond acceptors (Lipinski definition) is 3. The maximum Gasteiger partial charge on any atom is 0.243 e. The Balaban J connectivity index is 1.85. The highest BCUT2D eigenvalue weighted by Gasteiger charge is 2.34. The zero-order chi connectivity index (χ0) is 19.8. The van der Waals surface area contributed by atoms with E-state index in [9.17, 15) is 13.2 Å². The molecule has 0 spiro atoms. The van der Waals surface area contributed by atoms with E-state index >= 15 is 0 Å². The number of likely N-dealkylation sites (N-methyl/N-ethyl adjacent to an activating group) is 1. The fourth-order valence-electron chi connectivity index (χ4n) is 3.33. The second-order valence-electron chi connectivity index (χ2n) is 6.48. The number of carbonyl (C=O) groups is 1. The van der Waals surface area contributed by atoms with Crippen LogP contribution < -0.4 is 4.90 Å². The number of hydrogen-bond donors (Lipinski definition) is 0. The van der Waals surface area contributed by atoms with Gasteiger partial charge < -0.3 is 4.90 Å².